The van der Waals surface area contributed by atoms with Crippen LogP contribution in [0.2, 0.25) is 0 Å². The summed E-state index contributed by atoms with van der Waals surface area (Å²) in [4.78, 5) is 16.7. The number of amides is 1. The van der Waals surface area contributed by atoms with Crippen LogP contribution in [0.3, 0.4) is 0 Å². The topological polar surface area (TPSA) is 46.9 Å². The van der Waals surface area contributed by atoms with E-state index in [0.29, 0.717) is 29.2 Å². The van der Waals surface area contributed by atoms with Gasteiger partial charge in [0.15, 0.2) is 0 Å². The molecule has 0 aliphatic heterocycles. The zero-order chi connectivity index (χ0) is 15.6. The Kier molecular flexibility index (Phi) is 4.83. The van der Waals surface area contributed by atoms with E-state index >= 15 is 0 Å². The number of carbonyl (C=O) groups is 1. The first-order valence-corrected chi connectivity index (χ1v) is 7.50. The van der Waals surface area contributed by atoms with Gasteiger partial charge < -0.3 is 9.88 Å². The molecule has 0 spiro atoms. The minimum atomic E-state index is -0.475. The van der Waals surface area contributed by atoms with Crippen LogP contribution in [0.25, 0.3) is 11.0 Å². The van der Waals surface area contributed by atoms with Gasteiger partial charge in [-0.25, -0.2) is 9.37 Å². The van der Waals surface area contributed by atoms with Crippen molar-refractivity contribution in [1.82, 2.24) is 14.9 Å². The van der Waals surface area contributed by atoms with E-state index in [1.807, 2.05) is 13.8 Å². The Labute approximate surface area is 128 Å². The number of fused-ring (bicyclic) bond motifs is 1. The number of carbonyl (C=O) groups excluding carboxylic acids is 1. The van der Waals surface area contributed by atoms with Crippen LogP contribution in [0.4, 0.5) is 4.39 Å². The fraction of sp³-hybridized carbons (Fsp3) is 0.467. The largest absolute Gasteiger partial charge is 0.352 e. The maximum atomic E-state index is 13.5. The lowest BCUT2D eigenvalue weighted by molar-refractivity contribution is -0.124. The Bertz CT molecular complexity index is 654. The fourth-order valence-electron chi connectivity index (χ4n) is 2.33. The summed E-state index contributed by atoms with van der Waals surface area (Å²) in [7, 11) is 0. The van der Waals surface area contributed by atoms with Crippen LogP contribution in [-0.4, -0.2) is 27.4 Å². The maximum Gasteiger partial charge on any atom is 0.243 e. The summed E-state index contributed by atoms with van der Waals surface area (Å²) in [5.41, 5.74) is 1.28. The van der Waals surface area contributed by atoms with Gasteiger partial charge in [0.25, 0.3) is 0 Å². The van der Waals surface area contributed by atoms with Gasteiger partial charge in [-0.3, -0.25) is 4.79 Å². The highest BCUT2D eigenvalue weighted by atomic mass is 35.5. The Morgan fingerprint density at radius 2 is 2.14 bits per heavy atom. The second-order valence-corrected chi connectivity index (χ2v) is 5.69. The summed E-state index contributed by atoms with van der Waals surface area (Å²) in [6.07, 6.45) is 0.525. The molecule has 0 saturated carbocycles. The molecule has 4 nitrogen and oxygen atoms in total. The van der Waals surface area contributed by atoms with E-state index in [1.165, 1.54) is 12.1 Å². The molecule has 1 amide bonds. The molecule has 1 N–H and O–H groups in total. The lowest BCUT2D eigenvalue weighted by atomic mass is 10.2. The molecule has 1 heterocycles. The predicted molar refractivity (Wildman–Crippen MR) is 82.1 cm³/mol. The van der Waals surface area contributed by atoms with Gasteiger partial charge in [0.2, 0.25) is 5.91 Å². The molecule has 2 aromatic rings. The molecule has 0 bridgehead atoms. The van der Waals surface area contributed by atoms with Crippen molar-refractivity contribution in [3.8, 4) is 0 Å². The molecule has 0 aliphatic rings. The molecular formula is C15H19ClFN3O. The first-order valence-electron chi connectivity index (χ1n) is 6.96. The minimum Gasteiger partial charge on any atom is -0.352 e. The molecule has 21 heavy (non-hydrogen) atoms. The molecule has 0 fully saturated rings. The first kappa shape index (κ1) is 15.8. The predicted octanol–water partition coefficient (Wildman–Crippen LogP) is 3.04. The number of imidazole rings is 1. The van der Waals surface area contributed by atoms with Gasteiger partial charge >= 0.3 is 0 Å². The van der Waals surface area contributed by atoms with Gasteiger partial charge in [-0.1, -0.05) is 0 Å². The number of halogens is 2. The summed E-state index contributed by atoms with van der Waals surface area (Å²) < 4.78 is 15.3. The van der Waals surface area contributed by atoms with E-state index < -0.39 is 6.04 Å². The number of hydrogen-bond acceptors (Lipinski definition) is 2. The second kappa shape index (κ2) is 6.43. The zero-order valence-electron chi connectivity index (χ0n) is 12.4. The Balaban J connectivity index is 2.50. The van der Waals surface area contributed by atoms with Crippen LogP contribution < -0.4 is 5.32 Å². The molecule has 0 radical (unpaired) electrons. The van der Waals surface area contributed by atoms with Crippen molar-refractivity contribution in [2.75, 3.05) is 5.88 Å². The smallest absolute Gasteiger partial charge is 0.243 e. The SMILES string of the molecule is CC(C)NC(=O)C(C)n1c(CCCl)nc2ccc(F)cc21. The summed E-state index contributed by atoms with van der Waals surface area (Å²) in [6, 6.07) is 3.95. The second-order valence-electron chi connectivity index (χ2n) is 5.31. The lowest BCUT2D eigenvalue weighted by Gasteiger charge is -2.18. The van der Waals surface area contributed by atoms with Crippen molar-refractivity contribution < 1.29 is 9.18 Å². The number of alkyl halides is 1. The Hall–Kier alpha value is -1.62. The van der Waals surface area contributed by atoms with Crippen molar-refractivity contribution >= 4 is 28.5 Å². The standard InChI is InChI=1S/C15H19ClFN3O/c1-9(2)18-15(21)10(3)20-13-8-11(17)4-5-12(13)19-14(20)6-7-16/h4-5,8-10H,6-7H2,1-3H3,(H,18,21). The quantitative estimate of drug-likeness (QED) is 0.863. The van der Waals surface area contributed by atoms with Gasteiger partial charge in [0.05, 0.1) is 11.0 Å². The third kappa shape index (κ3) is 3.35. The average Bonchev–Trinajstić information content (AvgIpc) is 2.74. The highest BCUT2D eigenvalue weighted by Gasteiger charge is 2.22. The van der Waals surface area contributed by atoms with Crippen molar-refractivity contribution in [2.45, 2.75) is 39.3 Å². The third-order valence-electron chi connectivity index (χ3n) is 3.24. The van der Waals surface area contributed by atoms with E-state index in [4.69, 9.17) is 11.6 Å². The number of benzene rings is 1. The molecule has 114 valence electrons. The van der Waals surface area contributed by atoms with Crippen molar-refractivity contribution in [1.29, 1.82) is 0 Å². The number of rotatable bonds is 5. The first-order chi connectivity index (χ1) is 9.93. The van der Waals surface area contributed by atoms with Gasteiger partial charge in [-0.05, 0) is 39.0 Å². The molecule has 1 unspecified atom stereocenters. The van der Waals surface area contributed by atoms with Gasteiger partial charge in [0, 0.05) is 18.3 Å². The average molecular weight is 312 g/mol. The number of aryl methyl sites for hydroxylation is 1. The summed E-state index contributed by atoms with van der Waals surface area (Å²) >= 11 is 5.81. The highest BCUT2D eigenvalue weighted by molar-refractivity contribution is 6.17. The third-order valence-corrected chi connectivity index (χ3v) is 3.43. The van der Waals surface area contributed by atoms with Gasteiger partial charge in [-0.2, -0.15) is 0 Å². The summed E-state index contributed by atoms with van der Waals surface area (Å²) in [5.74, 6) is 0.614. The number of hydrogen-bond donors (Lipinski definition) is 1. The minimum absolute atomic E-state index is 0.0444. The van der Waals surface area contributed by atoms with E-state index in [1.54, 1.807) is 17.6 Å². The molecule has 1 atom stereocenters. The molecular weight excluding hydrogens is 293 g/mol. The summed E-state index contributed by atoms with van der Waals surface area (Å²) in [5, 5.41) is 2.87. The van der Waals surface area contributed by atoms with E-state index in [9.17, 15) is 9.18 Å². The Morgan fingerprint density at radius 3 is 2.76 bits per heavy atom. The van der Waals surface area contributed by atoms with Crippen molar-refractivity contribution in [3.63, 3.8) is 0 Å². The number of aromatic nitrogens is 2. The van der Waals surface area contributed by atoms with E-state index in [-0.39, 0.29) is 17.8 Å². The van der Waals surface area contributed by atoms with Crippen LogP contribution in [0.5, 0.6) is 0 Å². The van der Waals surface area contributed by atoms with Crippen LogP contribution in [-0.2, 0) is 11.2 Å². The molecule has 0 aliphatic carbocycles. The van der Waals surface area contributed by atoms with Gasteiger partial charge in [-0.15, -0.1) is 11.6 Å². The maximum absolute atomic E-state index is 13.5. The van der Waals surface area contributed by atoms with Crippen LogP contribution in [0, 0.1) is 5.82 Å². The normalized spacial score (nSPS) is 12.9. The van der Waals surface area contributed by atoms with Crippen LogP contribution in [0.15, 0.2) is 18.2 Å². The van der Waals surface area contributed by atoms with Crippen LogP contribution >= 0.6 is 11.6 Å². The van der Waals surface area contributed by atoms with E-state index in [0.717, 1.165) is 0 Å². The van der Waals surface area contributed by atoms with Gasteiger partial charge in [0.1, 0.15) is 17.7 Å². The molecule has 2 rings (SSSR count). The lowest BCUT2D eigenvalue weighted by Crippen LogP contribution is -2.36. The van der Waals surface area contributed by atoms with Crippen LogP contribution in [0.1, 0.15) is 32.6 Å². The highest BCUT2D eigenvalue weighted by Crippen LogP contribution is 2.23. The number of nitrogens with zero attached hydrogens (tertiary/aromatic N) is 2. The monoisotopic (exact) mass is 311 g/mol. The van der Waals surface area contributed by atoms with Crippen molar-refractivity contribution in [3.05, 3.63) is 29.8 Å². The number of nitrogens with one attached hydrogen (secondary N) is 1. The van der Waals surface area contributed by atoms with E-state index in [2.05, 4.69) is 10.3 Å². The fourth-order valence-corrected chi connectivity index (χ4v) is 2.50. The molecule has 1 aromatic carbocycles. The molecule has 6 heteroatoms. The Morgan fingerprint density at radius 1 is 1.43 bits per heavy atom. The summed E-state index contributed by atoms with van der Waals surface area (Å²) in [6.45, 7) is 5.58. The molecule has 0 saturated heterocycles. The zero-order valence-corrected chi connectivity index (χ0v) is 13.1. The molecule has 1 aromatic heterocycles. The van der Waals surface area contributed by atoms with Crippen molar-refractivity contribution in [2.24, 2.45) is 0 Å².